The van der Waals surface area contributed by atoms with E-state index in [1.165, 1.54) is 12.1 Å². The van der Waals surface area contributed by atoms with Gasteiger partial charge in [0.05, 0.1) is 12.2 Å². The molecular formula is C16H14BrF3N4O3S. The summed E-state index contributed by atoms with van der Waals surface area (Å²) in [6, 6.07) is 5.80. The van der Waals surface area contributed by atoms with Crippen LogP contribution in [0, 0.1) is 0 Å². The Morgan fingerprint density at radius 1 is 1.25 bits per heavy atom. The number of rotatable bonds is 6. The molecule has 3 rings (SSSR count). The van der Waals surface area contributed by atoms with Crippen LogP contribution in [0.2, 0.25) is 0 Å². The van der Waals surface area contributed by atoms with Crippen molar-refractivity contribution in [3.8, 4) is 5.75 Å². The molecule has 2 aromatic heterocycles. The number of ether oxygens (including phenoxy) is 1. The van der Waals surface area contributed by atoms with Crippen LogP contribution < -0.4 is 9.46 Å². The normalized spacial score (nSPS) is 12.3. The van der Waals surface area contributed by atoms with E-state index in [-0.39, 0.29) is 22.9 Å². The Kier molecular flexibility index (Phi) is 5.53. The quantitative estimate of drug-likeness (QED) is 0.576. The maximum atomic E-state index is 13.2. The predicted molar refractivity (Wildman–Crippen MR) is 98.7 cm³/mol. The Balaban J connectivity index is 2.09. The van der Waals surface area contributed by atoms with Crippen molar-refractivity contribution in [3.63, 3.8) is 0 Å². The van der Waals surface area contributed by atoms with Crippen LogP contribution >= 0.6 is 15.9 Å². The van der Waals surface area contributed by atoms with E-state index in [0.717, 1.165) is 16.9 Å². The van der Waals surface area contributed by atoms with E-state index in [2.05, 4.69) is 30.7 Å². The molecule has 0 fully saturated rings. The van der Waals surface area contributed by atoms with E-state index in [9.17, 15) is 21.6 Å². The van der Waals surface area contributed by atoms with Gasteiger partial charge in [-0.25, -0.2) is 13.4 Å². The second-order valence-electron chi connectivity index (χ2n) is 5.70. The minimum atomic E-state index is -4.68. The van der Waals surface area contributed by atoms with Gasteiger partial charge < -0.3 is 4.74 Å². The molecule has 0 aliphatic carbocycles. The molecule has 1 N–H and O–H groups in total. The fraction of sp³-hybridized carbons (Fsp3) is 0.250. The fourth-order valence-electron chi connectivity index (χ4n) is 2.38. The lowest BCUT2D eigenvalue weighted by atomic mass is 10.2. The second-order valence-corrected chi connectivity index (χ2v) is 8.27. The lowest BCUT2D eigenvalue weighted by molar-refractivity contribution is -0.137. The van der Waals surface area contributed by atoms with Crippen LogP contribution in [0.1, 0.15) is 18.9 Å². The summed E-state index contributed by atoms with van der Waals surface area (Å²) in [5.41, 5.74) is -1.20. The van der Waals surface area contributed by atoms with Crippen molar-refractivity contribution >= 4 is 37.4 Å². The first-order chi connectivity index (χ1) is 13.1. The van der Waals surface area contributed by atoms with Crippen molar-refractivity contribution in [2.75, 3.05) is 11.3 Å². The third-order valence-corrected chi connectivity index (χ3v) is 5.47. The van der Waals surface area contributed by atoms with E-state index in [4.69, 9.17) is 4.74 Å². The summed E-state index contributed by atoms with van der Waals surface area (Å²) in [7, 11) is -4.29. The molecule has 12 heteroatoms. The first kappa shape index (κ1) is 20.4. The molecule has 1 aromatic carbocycles. The number of anilines is 1. The van der Waals surface area contributed by atoms with Gasteiger partial charge in [-0.1, -0.05) is 22.9 Å². The molecule has 0 bridgehead atoms. The van der Waals surface area contributed by atoms with Gasteiger partial charge >= 0.3 is 6.18 Å². The Labute approximate surface area is 166 Å². The molecule has 7 nitrogen and oxygen atoms in total. The molecule has 3 aromatic rings. The fourth-order valence-corrected chi connectivity index (χ4v) is 4.09. The first-order valence-corrected chi connectivity index (χ1v) is 10.3. The van der Waals surface area contributed by atoms with Gasteiger partial charge in [0.2, 0.25) is 0 Å². The molecule has 0 radical (unpaired) electrons. The van der Waals surface area contributed by atoms with E-state index in [1.54, 1.807) is 6.07 Å². The Morgan fingerprint density at radius 2 is 2.00 bits per heavy atom. The van der Waals surface area contributed by atoms with Crippen molar-refractivity contribution in [3.05, 3.63) is 46.7 Å². The monoisotopic (exact) mass is 478 g/mol. The molecule has 0 amide bonds. The van der Waals surface area contributed by atoms with Crippen molar-refractivity contribution in [1.82, 2.24) is 14.6 Å². The number of halogens is 4. The lowest BCUT2D eigenvalue weighted by Gasteiger charge is -2.15. The number of sulfonamides is 1. The number of fused-ring (bicyclic) bond motifs is 1. The van der Waals surface area contributed by atoms with Gasteiger partial charge in [0.15, 0.2) is 5.65 Å². The predicted octanol–water partition coefficient (Wildman–Crippen LogP) is 4.10. The van der Waals surface area contributed by atoms with Crippen LogP contribution in [0.25, 0.3) is 5.65 Å². The second kappa shape index (κ2) is 7.59. The molecule has 0 saturated carbocycles. The minimum Gasteiger partial charge on any atom is -0.492 e. The van der Waals surface area contributed by atoms with Gasteiger partial charge in [-0.15, -0.1) is 0 Å². The highest BCUT2D eigenvalue weighted by molar-refractivity contribution is 9.10. The molecule has 28 heavy (non-hydrogen) atoms. The molecular weight excluding hydrogens is 465 g/mol. The number of nitrogens with zero attached hydrogens (tertiary/aromatic N) is 3. The third kappa shape index (κ3) is 4.22. The van der Waals surface area contributed by atoms with Gasteiger partial charge in [-0.3, -0.25) is 4.72 Å². The average molecular weight is 479 g/mol. The number of nitrogens with one attached hydrogen (secondary N) is 1. The van der Waals surface area contributed by atoms with Gasteiger partial charge in [0.25, 0.3) is 10.0 Å². The Morgan fingerprint density at radius 3 is 2.68 bits per heavy atom. The third-order valence-electron chi connectivity index (χ3n) is 3.60. The van der Waals surface area contributed by atoms with E-state index >= 15 is 0 Å². The number of hydrogen-bond donors (Lipinski definition) is 1. The molecule has 2 heterocycles. The standard InChI is InChI=1S/C16H14BrF3N4O3S/c1-2-5-27-12-4-3-11(17)8-13(12)28(25,26)23-15-7-10(16(18,19)20)6-14-21-9-22-24(14)15/h3-4,6-9,23H,2,5H2,1H3. The summed E-state index contributed by atoms with van der Waals surface area (Å²) < 4.78 is 74.3. The Bertz CT molecular complexity index is 1120. The van der Waals surface area contributed by atoms with Crippen LogP contribution in [-0.2, 0) is 16.2 Å². The topological polar surface area (TPSA) is 85.6 Å². The zero-order valence-corrected chi connectivity index (χ0v) is 16.8. The van der Waals surface area contributed by atoms with Gasteiger partial charge in [0.1, 0.15) is 22.8 Å². The Hall–Kier alpha value is -2.34. The number of hydrogen-bond acceptors (Lipinski definition) is 5. The average Bonchev–Trinajstić information content (AvgIpc) is 3.08. The summed E-state index contributed by atoms with van der Waals surface area (Å²) in [6.45, 7) is 2.14. The molecule has 0 unspecified atom stereocenters. The largest absolute Gasteiger partial charge is 0.492 e. The highest BCUT2D eigenvalue weighted by Gasteiger charge is 2.33. The van der Waals surface area contributed by atoms with Crippen molar-refractivity contribution < 1.29 is 26.3 Å². The highest BCUT2D eigenvalue weighted by Crippen LogP contribution is 2.33. The van der Waals surface area contributed by atoms with Crippen molar-refractivity contribution in [1.29, 1.82) is 0 Å². The maximum Gasteiger partial charge on any atom is 0.416 e. The first-order valence-electron chi connectivity index (χ1n) is 7.98. The van der Waals surface area contributed by atoms with Gasteiger partial charge in [-0.05, 0) is 36.8 Å². The van der Waals surface area contributed by atoms with Gasteiger partial charge in [-0.2, -0.15) is 22.8 Å². The number of aromatic nitrogens is 3. The number of alkyl halides is 3. The zero-order valence-electron chi connectivity index (χ0n) is 14.4. The summed E-state index contributed by atoms with van der Waals surface area (Å²) >= 11 is 3.19. The van der Waals surface area contributed by atoms with Crippen molar-refractivity contribution in [2.24, 2.45) is 0 Å². The van der Waals surface area contributed by atoms with Crippen LogP contribution in [0.3, 0.4) is 0 Å². The molecule has 150 valence electrons. The summed E-state index contributed by atoms with van der Waals surface area (Å²) in [5.74, 6) is -0.317. The molecule has 0 saturated heterocycles. The molecule has 0 atom stereocenters. The molecule has 0 aliphatic rings. The smallest absolute Gasteiger partial charge is 0.416 e. The summed E-state index contributed by atoms with van der Waals surface area (Å²) in [6.07, 6.45) is -3.00. The zero-order chi connectivity index (χ0) is 20.5. The lowest BCUT2D eigenvalue weighted by Crippen LogP contribution is -2.18. The maximum absolute atomic E-state index is 13.2. The molecule has 0 spiro atoms. The SMILES string of the molecule is CCCOc1ccc(Br)cc1S(=O)(=O)Nc1cc(C(F)(F)F)cc2ncnn12. The van der Waals surface area contributed by atoms with E-state index in [0.29, 0.717) is 17.0 Å². The van der Waals surface area contributed by atoms with E-state index < -0.39 is 27.6 Å². The van der Waals surface area contributed by atoms with Gasteiger partial charge in [0, 0.05) is 4.47 Å². The summed E-state index contributed by atoms with van der Waals surface area (Å²) in [5, 5.41) is 3.78. The number of pyridine rings is 1. The summed E-state index contributed by atoms with van der Waals surface area (Å²) in [4.78, 5) is 3.49. The minimum absolute atomic E-state index is 0.0827. The highest BCUT2D eigenvalue weighted by atomic mass is 79.9. The van der Waals surface area contributed by atoms with Crippen LogP contribution in [-0.4, -0.2) is 29.6 Å². The number of benzene rings is 1. The van der Waals surface area contributed by atoms with E-state index in [1.807, 2.05) is 6.92 Å². The van der Waals surface area contributed by atoms with Crippen LogP contribution in [0.15, 0.2) is 46.0 Å². The molecule has 0 aliphatic heterocycles. The van der Waals surface area contributed by atoms with Crippen LogP contribution in [0.4, 0.5) is 19.0 Å². The van der Waals surface area contributed by atoms with Crippen LogP contribution in [0.5, 0.6) is 5.75 Å². The van der Waals surface area contributed by atoms with Crippen molar-refractivity contribution in [2.45, 2.75) is 24.4 Å².